The van der Waals surface area contributed by atoms with E-state index in [1.165, 1.54) is 12.1 Å². The Hall–Kier alpha value is -1.30. The average Bonchev–Trinajstić information content (AvgIpc) is 2.24. The number of alkyl halides is 3. The molecular formula is C15H21F3O2Si. The minimum Gasteiger partial charge on any atom is -0.543 e. The average molecular weight is 318 g/mol. The third-order valence-corrected chi connectivity index (χ3v) is 8.20. The van der Waals surface area contributed by atoms with Gasteiger partial charge in [0.25, 0.3) is 8.32 Å². The molecule has 0 fully saturated rings. The highest BCUT2D eigenvalue weighted by molar-refractivity contribution is 6.74. The highest BCUT2D eigenvalue weighted by atomic mass is 28.4. The molecule has 0 heterocycles. The minimum absolute atomic E-state index is 0.0314. The molecule has 21 heavy (non-hydrogen) atoms. The first-order valence-corrected chi connectivity index (χ1v) is 9.58. The number of hydrogen-bond acceptors (Lipinski definition) is 2. The van der Waals surface area contributed by atoms with E-state index < -0.39 is 25.8 Å². The van der Waals surface area contributed by atoms with E-state index in [0.717, 1.165) is 13.0 Å². The van der Waals surface area contributed by atoms with Gasteiger partial charge in [0.1, 0.15) is 5.75 Å². The number of Topliss-reactive ketones (excluding diaryl/α,β-unsaturated/α-hetero) is 1. The monoisotopic (exact) mass is 318 g/mol. The summed E-state index contributed by atoms with van der Waals surface area (Å²) in [5.74, 6) is -0.611. The Morgan fingerprint density at radius 2 is 1.67 bits per heavy atom. The molecule has 0 aromatic heterocycles. The fourth-order valence-corrected chi connectivity index (χ4v) is 2.67. The standard InChI is InChI=1S/C15H21F3O2Si/c1-10(19)13-11(15(16,17)18)8-7-9-12(13)20-21(5,6)14(2,3)4/h7-9H,1-6H3. The molecule has 0 unspecified atom stereocenters. The summed E-state index contributed by atoms with van der Waals surface area (Å²) in [6.45, 7) is 10.9. The number of carbonyl (C=O) groups is 1. The summed E-state index contributed by atoms with van der Waals surface area (Å²) in [7, 11) is -2.32. The zero-order valence-corrected chi connectivity index (χ0v) is 14.2. The van der Waals surface area contributed by atoms with Crippen molar-refractivity contribution in [2.75, 3.05) is 0 Å². The minimum atomic E-state index is -4.58. The number of halogens is 3. The van der Waals surface area contributed by atoms with Crippen LogP contribution in [0.3, 0.4) is 0 Å². The van der Waals surface area contributed by atoms with Crippen molar-refractivity contribution < 1.29 is 22.4 Å². The lowest BCUT2D eigenvalue weighted by atomic mass is 10.0. The highest BCUT2D eigenvalue weighted by Crippen LogP contribution is 2.41. The molecule has 118 valence electrons. The second-order valence-corrected chi connectivity index (χ2v) is 11.3. The van der Waals surface area contributed by atoms with Crippen molar-refractivity contribution in [1.29, 1.82) is 0 Å². The molecule has 0 N–H and O–H groups in total. The number of ketones is 1. The van der Waals surface area contributed by atoms with Crippen LogP contribution in [0.25, 0.3) is 0 Å². The molecule has 6 heteroatoms. The fourth-order valence-electron chi connectivity index (χ4n) is 1.64. The number of rotatable bonds is 3. The molecule has 0 amide bonds. The number of hydrogen-bond donors (Lipinski definition) is 0. The van der Waals surface area contributed by atoms with Crippen molar-refractivity contribution in [3.8, 4) is 5.75 Å². The van der Waals surface area contributed by atoms with Crippen molar-refractivity contribution in [1.82, 2.24) is 0 Å². The largest absolute Gasteiger partial charge is 0.543 e. The number of carbonyl (C=O) groups excluding carboxylic acids is 1. The summed E-state index contributed by atoms with van der Waals surface area (Å²) < 4.78 is 45.1. The molecule has 0 saturated heterocycles. The van der Waals surface area contributed by atoms with Gasteiger partial charge in [-0.05, 0) is 37.2 Å². The smallest absolute Gasteiger partial charge is 0.417 e. The maximum absolute atomic E-state index is 13.1. The molecule has 0 saturated carbocycles. The Morgan fingerprint density at radius 3 is 2.05 bits per heavy atom. The molecule has 0 aliphatic rings. The lowest BCUT2D eigenvalue weighted by Gasteiger charge is -2.37. The van der Waals surface area contributed by atoms with Crippen molar-refractivity contribution in [2.24, 2.45) is 0 Å². The molecule has 2 nitrogen and oxygen atoms in total. The lowest BCUT2D eigenvalue weighted by molar-refractivity contribution is -0.138. The summed E-state index contributed by atoms with van der Waals surface area (Å²) >= 11 is 0. The van der Waals surface area contributed by atoms with Crippen LogP contribution in [0.4, 0.5) is 13.2 Å². The van der Waals surface area contributed by atoms with Crippen LogP contribution in [0.5, 0.6) is 5.75 Å². The van der Waals surface area contributed by atoms with Crippen molar-refractivity contribution in [3.63, 3.8) is 0 Å². The molecule has 1 aromatic carbocycles. The van der Waals surface area contributed by atoms with Gasteiger partial charge in [-0.1, -0.05) is 26.8 Å². The first kappa shape index (κ1) is 17.7. The zero-order valence-electron chi connectivity index (χ0n) is 13.2. The van der Waals surface area contributed by atoms with E-state index >= 15 is 0 Å². The van der Waals surface area contributed by atoms with Gasteiger partial charge in [-0.15, -0.1) is 0 Å². The normalized spacial score (nSPS) is 13.2. The molecule has 1 aromatic rings. The summed E-state index contributed by atoms with van der Waals surface area (Å²) in [5.41, 5.74) is -1.32. The maximum atomic E-state index is 13.1. The molecule has 0 bridgehead atoms. The van der Waals surface area contributed by atoms with Gasteiger partial charge >= 0.3 is 6.18 Å². The van der Waals surface area contributed by atoms with Gasteiger partial charge in [-0.2, -0.15) is 13.2 Å². The van der Waals surface area contributed by atoms with Gasteiger partial charge in [-0.3, -0.25) is 4.79 Å². The molecule has 1 rings (SSSR count). The van der Waals surface area contributed by atoms with Crippen molar-refractivity contribution in [3.05, 3.63) is 29.3 Å². The third kappa shape index (κ3) is 3.87. The SMILES string of the molecule is CC(=O)c1c(O[Si](C)(C)C(C)(C)C)cccc1C(F)(F)F. The summed E-state index contributed by atoms with van der Waals surface area (Å²) in [6.07, 6.45) is -4.58. The van der Waals surface area contributed by atoms with E-state index in [1.54, 1.807) is 0 Å². The van der Waals surface area contributed by atoms with Crippen LogP contribution < -0.4 is 4.43 Å². The number of benzene rings is 1. The van der Waals surface area contributed by atoms with Gasteiger partial charge in [0.05, 0.1) is 11.1 Å². The Labute approximate surface area is 124 Å². The third-order valence-electron chi connectivity index (χ3n) is 3.85. The predicted molar refractivity (Wildman–Crippen MR) is 79.3 cm³/mol. The van der Waals surface area contributed by atoms with Crippen LogP contribution >= 0.6 is 0 Å². The lowest BCUT2D eigenvalue weighted by Crippen LogP contribution is -2.44. The highest BCUT2D eigenvalue weighted by Gasteiger charge is 2.41. The fraction of sp³-hybridized carbons (Fsp3) is 0.533. The van der Waals surface area contributed by atoms with Crippen LogP contribution in [-0.2, 0) is 6.18 Å². The molecule has 0 radical (unpaired) electrons. The molecule has 0 atom stereocenters. The van der Waals surface area contributed by atoms with Gasteiger partial charge < -0.3 is 4.43 Å². The Morgan fingerprint density at radius 1 is 1.14 bits per heavy atom. The van der Waals surface area contributed by atoms with Crippen LogP contribution in [0.2, 0.25) is 18.1 Å². The van der Waals surface area contributed by atoms with E-state index in [4.69, 9.17) is 4.43 Å². The van der Waals surface area contributed by atoms with Crippen LogP contribution in [0, 0.1) is 0 Å². The van der Waals surface area contributed by atoms with Gasteiger partial charge in [0.2, 0.25) is 0 Å². The summed E-state index contributed by atoms with van der Waals surface area (Å²) in [6, 6.07) is 3.62. The van der Waals surface area contributed by atoms with Gasteiger partial charge in [0, 0.05) is 0 Å². The van der Waals surface area contributed by atoms with Gasteiger partial charge in [-0.25, -0.2) is 0 Å². The van der Waals surface area contributed by atoms with E-state index in [0.29, 0.717) is 0 Å². The predicted octanol–water partition coefficient (Wildman–Crippen LogP) is 5.29. The summed E-state index contributed by atoms with van der Waals surface area (Å²) in [4.78, 5) is 11.7. The maximum Gasteiger partial charge on any atom is 0.417 e. The van der Waals surface area contributed by atoms with Gasteiger partial charge in [0.15, 0.2) is 5.78 Å². The molecule has 0 spiro atoms. The van der Waals surface area contributed by atoms with Crippen molar-refractivity contribution in [2.45, 2.75) is 52.0 Å². The first-order chi connectivity index (χ1) is 9.27. The first-order valence-electron chi connectivity index (χ1n) is 6.67. The van der Waals surface area contributed by atoms with E-state index in [1.807, 2.05) is 33.9 Å². The molecule has 0 aliphatic heterocycles. The van der Waals surface area contributed by atoms with E-state index in [9.17, 15) is 18.0 Å². The van der Waals surface area contributed by atoms with Crippen LogP contribution in [0.15, 0.2) is 18.2 Å². The Kier molecular flexibility index (Phi) is 4.63. The van der Waals surface area contributed by atoms with Crippen molar-refractivity contribution >= 4 is 14.1 Å². The Bertz CT molecular complexity index is 543. The second-order valence-electron chi connectivity index (χ2n) is 6.60. The van der Waals surface area contributed by atoms with Crippen LogP contribution in [-0.4, -0.2) is 14.1 Å². The molecule has 0 aliphatic carbocycles. The van der Waals surface area contributed by atoms with E-state index in [2.05, 4.69) is 0 Å². The molecular weight excluding hydrogens is 297 g/mol. The zero-order chi connectivity index (χ0) is 16.6. The quantitative estimate of drug-likeness (QED) is 0.559. The topological polar surface area (TPSA) is 26.3 Å². The summed E-state index contributed by atoms with van der Waals surface area (Å²) in [5, 5.41) is -0.171. The second kappa shape index (κ2) is 5.48. The van der Waals surface area contributed by atoms with Crippen LogP contribution in [0.1, 0.15) is 43.6 Å². The Balaban J connectivity index is 3.42. The van der Waals surface area contributed by atoms with E-state index in [-0.39, 0.29) is 16.4 Å².